The van der Waals surface area contributed by atoms with Gasteiger partial charge in [0, 0.05) is 31.1 Å². The third kappa shape index (κ3) is 6.23. The Balaban J connectivity index is 1.39. The van der Waals surface area contributed by atoms with Gasteiger partial charge in [-0.3, -0.25) is 4.79 Å². The number of likely N-dealkylation sites (tertiary alicyclic amines) is 1. The van der Waals surface area contributed by atoms with Crippen LogP contribution in [0.2, 0.25) is 5.02 Å². The fraction of sp³-hybridized carbons (Fsp3) is 0.381. The maximum absolute atomic E-state index is 11.6. The van der Waals surface area contributed by atoms with E-state index in [0.29, 0.717) is 18.9 Å². The number of rotatable bonds is 9. The predicted molar refractivity (Wildman–Crippen MR) is 112 cm³/mol. The van der Waals surface area contributed by atoms with Gasteiger partial charge in [0.2, 0.25) is 5.91 Å². The Hall–Kier alpha value is -1.56. The highest BCUT2D eigenvalue weighted by Gasteiger charge is 2.18. The maximum atomic E-state index is 11.6. The van der Waals surface area contributed by atoms with Gasteiger partial charge in [-0.05, 0) is 70.7 Å². The SMILES string of the molecule is O=C1CCCN1CCCNCc1ccc(OCc2ccc(Cl)cc2)c(Br)c1. The lowest BCUT2D eigenvalue weighted by Gasteiger charge is -2.15. The average molecular weight is 452 g/mol. The lowest BCUT2D eigenvalue weighted by Crippen LogP contribution is -2.28. The van der Waals surface area contributed by atoms with Crippen molar-refractivity contribution >= 4 is 33.4 Å². The first-order valence-electron chi connectivity index (χ1n) is 9.26. The van der Waals surface area contributed by atoms with Gasteiger partial charge in [0.05, 0.1) is 4.47 Å². The smallest absolute Gasteiger partial charge is 0.222 e. The second-order valence-corrected chi connectivity index (χ2v) is 7.99. The van der Waals surface area contributed by atoms with Gasteiger partial charge in [-0.1, -0.05) is 29.8 Å². The van der Waals surface area contributed by atoms with Crippen molar-refractivity contribution in [3.8, 4) is 5.75 Å². The Morgan fingerprint density at radius 3 is 2.63 bits per heavy atom. The molecule has 0 aromatic heterocycles. The van der Waals surface area contributed by atoms with Crippen molar-refractivity contribution in [3.63, 3.8) is 0 Å². The molecule has 1 aliphatic heterocycles. The summed E-state index contributed by atoms with van der Waals surface area (Å²) in [5, 5.41) is 4.16. The predicted octanol–water partition coefficient (Wildman–Crippen LogP) is 4.78. The minimum absolute atomic E-state index is 0.299. The van der Waals surface area contributed by atoms with E-state index in [4.69, 9.17) is 16.3 Å². The Morgan fingerprint density at radius 1 is 1.15 bits per heavy atom. The summed E-state index contributed by atoms with van der Waals surface area (Å²) in [5.74, 6) is 1.12. The van der Waals surface area contributed by atoms with E-state index in [-0.39, 0.29) is 0 Å². The molecule has 1 saturated heterocycles. The van der Waals surface area contributed by atoms with Crippen LogP contribution in [0.4, 0.5) is 0 Å². The second-order valence-electron chi connectivity index (χ2n) is 6.69. The zero-order valence-corrected chi connectivity index (χ0v) is 17.6. The van der Waals surface area contributed by atoms with Crippen LogP contribution in [0, 0.1) is 0 Å². The number of halogens is 2. The van der Waals surface area contributed by atoms with Crippen LogP contribution in [0.15, 0.2) is 46.9 Å². The van der Waals surface area contributed by atoms with Crippen molar-refractivity contribution in [3.05, 3.63) is 63.1 Å². The molecule has 2 aromatic carbocycles. The Morgan fingerprint density at radius 2 is 1.93 bits per heavy atom. The van der Waals surface area contributed by atoms with Gasteiger partial charge in [0.1, 0.15) is 12.4 Å². The van der Waals surface area contributed by atoms with E-state index in [0.717, 1.165) is 59.8 Å². The van der Waals surface area contributed by atoms with E-state index in [2.05, 4.69) is 33.4 Å². The molecule has 0 saturated carbocycles. The number of ether oxygens (including phenoxy) is 1. The van der Waals surface area contributed by atoms with Gasteiger partial charge in [-0.2, -0.15) is 0 Å². The molecule has 0 radical (unpaired) electrons. The number of nitrogens with one attached hydrogen (secondary N) is 1. The van der Waals surface area contributed by atoms with Crippen LogP contribution in [0.3, 0.4) is 0 Å². The first kappa shape index (κ1) is 20.2. The third-order valence-corrected chi connectivity index (χ3v) is 5.46. The quantitative estimate of drug-likeness (QED) is 0.558. The molecule has 1 amide bonds. The number of hydrogen-bond acceptors (Lipinski definition) is 3. The summed E-state index contributed by atoms with van der Waals surface area (Å²) in [4.78, 5) is 13.5. The molecule has 4 nitrogen and oxygen atoms in total. The summed E-state index contributed by atoms with van der Waals surface area (Å²) in [5.41, 5.74) is 2.27. The molecule has 3 rings (SSSR count). The number of hydrogen-bond donors (Lipinski definition) is 1. The number of nitrogens with zero attached hydrogens (tertiary/aromatic N) is 1. The highest BCUT2D eigenvalue weighted by molar-refractivity contribution is 9.10. The van der Waals surface area contributed by atoms with Crippen molar-refractivity contribution in [2.75, 3.05) is 19.6 Å². The minimum atomic E-state index is 0.299. The molecule has 1 fully saturated rings. The Kier molecular flexibility index (Phi) is 7.56. The van der Waals surface area contributed by atoms with Crippen molar-refractivity contribution in [1.29, 1.82) is 0 Å². The highest BCUT2D eigenvalue weighted by Crippen LogP contribution is 2.27. The fourth-order valence-electron chi connectivity index (χ4n) is 3.08. The molecule has 2 aromatic rings. The molecule has 1 heterocycles. The van der Waals surface area contributed by atoms with E-state index in [9.17, 15) is 4.79 Å². The molecule has 1 N–H and O–H groups in total. The summed E-state index contributed by atoms with van der Waals surface area (Å²) < 4.78 is 6.82. The summed E-state index contributed by atoms with van der Waals surface area (Å²) in [6, 6.07) is 13.8. The number of benzene rings is 2. The molecule has 144 valence electrons. The molecule has 0 spiro atoms. The van der Waals surface area contributed by atoms with Crippen LogP contribution < -0.4 is 10.1 Å². The summed E-state index contributed by atoms with van der Waals surface area (Å²) in [7, 11) is 0. The number of carbonyl (C=O) groups excluding carboxylic acids is 1. The molecular formula is C21H24BrClN2O2. The molecule has 27 heavy (non-hydrogen) atoms. The molecule has 0 unspecified atom stereocenters. The zero-order valence-electron chi connectivity index (χ0n) is 15.2. The number of carbonyl (C=O) groups is 1. The highest BCUT2D eigenvalue weighted by atomic mass is 79.9. The van der Waals surface area contributed by atoms with Gasteiger partial charge >= 0.3 is 0 Å². The van der Waals surface area contributed by atoms with E-state index in [1.165, 1.54) is 5.56 Å². The van der Waals surface area contributed by atoms with Crippen LogP contribution in [0.5, 0.6) is 5.75 Å². The fourth-order valence-corrected chi connectivity index (χ4v) is 3.75. The van der Waals surface area contributed by atoms with E-state index in [1.54, 1.807) is 0 Å². The molecule has 6 heteroatoms. The van der Waals surface area contributed by atoms with Crippen LogP contribution in [0.25, 0.3) is 0 Å². The Labute approximate surface area is 174 Å². The topological polar surface area (TPSA) is 41.6 Å². The summed E-state index contributed by atoms with van der Waals surface area (Å²) in [6.45, 7) is 3.97. The molecule has 0 atom stereocenters. The van der Waals surface area contributed by atoms with Gasteiger partial charge in [0.15, 0.2) is 0 Å². The lowest BCUT2D eigenvalue weighted by molar-refractivity contribution is -0.127. The zero-order chi connectivity index (χ0) is 19.1. The average Bonchev–Trinajstić information content (AvgIpc) is 3.07. The standard InChI is InChI=1S/C21H24BrClN2O2/c22-19-13-17(14-24-10-2-12-25-11-1-3-21(25)26)6-9-20(19)27-15-16-4-7-18(23)8-5-16/h4-9,13,24H,1-3,10-12,14-15H2. The van der Waals surface area contributed by atoms with Crippen LogP contribution in [0.1, 0.15) is 30.4 Å². The molecule has 0 bridgehead atoms. The summed E-state index contributed by atoms with van der Waals surface area (Å²) >= 11 is 9.49. The number of amides is 1. The minimum Gasteiger partial charge on any atom is -0.488 e. The first-order chi connectivity index (χ1) is 13.1. The van der Waals surface area contributed by atoms with Gasteiger partial charge in [-0.25, -0.2) is 0 Å². The van der Waals surface area contributed by atoms with Crippen molar-refractivity contribution in [2.24, 2.45) is 0 Å². The molecule has 0 aliphatic carbocycles. The largest absolute Gasteiger partial charge is 0.488 e. The second kappa shape index (κ2) is 10.1. The normalized spacial score (nSPS) is 14.0. The van der Waals surface area contributed by atoms with Gasteiger partial charge < -0.3 is 15.0 Å². The van der Waals surface area contributed by atoms with Crippen molar-refractivity contribution in [2.45, 2.75) is 32.4 Å². The van der Waals surface area contributed by atoms with Gasteiger partial charge in [-0.15, -0.1) is 0 Å². The van der Waals surface area contributed by atoms with E-state index < -0.39 is 0 Å². The van der Waals surface area contributed by atoms with E-state index >= 15 is 0 Å². The third-order valence-electron chi connectivity index (χ3n) is 4.59. The van der Waals surface area contributed by atoms with E-state index in [1.807, 2.05) is 35.2 Å². The Bertz CT molecular complexity index is 767. The van der Waals surface area contributed by atoms with Crippen molar-refractivity contribution in [1.82, 2.24) is 10.2 Å². The lowest BCUT2D eigenvalue weighted by atomic mass is 10.2. The van der Waals surface area contributed by atoms with Crippen LogP contribution in [-0.4, -0.2) is 30.4 Å². The monoisotopic (exact) mass is 450 g/mol. The van der Waals surface area contributed by atoms with Gasteiger partial charge in [0.25, 0.3) is 0 Å². The van der Waals surface area contributed by atoms with Crippen LogP contribution >= 0.6 is 27.5 Å². The maximum Gasteiger partial charge on any atom is 0.222 e. The molecular weight excluding hydrogens is 428 g/mol. The molecule has 1 aliphatic rings. The van der Waals surface area contributed by atoms with Crippen molar-refractivity contribution < 1.29 is 9.53 Å². The summed E-state index contributed by atoms with van der Waals surface area (Å²) in [6.07, 6.45) is 2.70. The van der Waals surface area contributed by atoms with Crippen LogP contribution in [-0.2, 0) is 17.9 Å². The first-order valence-corrected chi connectivity index (χ1v) is 10.4.